The van der Waals surface area contributed by atoms with Gasteiger partial charge in [0.2, 0.25) is 0 Å². The fraction of sp³-hybridized carbons (Fsp3) is 0.348. The monoisotopic (exact) mass is 381 g/mol. The Labute approximate surface area is 164 Å². The van der Waals surface area contributed by atoms with Crippen LogP contribution in [0.3, 0.4) is 0 Å². The van der Waals surface area contributed by atoms with Gasteiger partial charge in [-0.15, -0.1) is 6.58 Å². The van der Waals surface area contributed by atoms with Gasteiger partial charge in [0.1, 0.15) is 5.69 Å². The van der Waals surface area contributed by atoms with Crippen LogP contribution in [-0.2, 0) is 5.92 Å². The summed E-state index contributed by atoms with van der Waals surface area (Å²) in [5.41, 5.74) is 1.12. The van der Waals surface area contributed by atoms with E-state index in [-0.39, 0.29) is 17.8 Å². The van der Waals surface area contributed by atoms with Gasteiger partial charge in [0.15, 0.2) is 0 Å². The molecule has 146 valence electrons. The minimum atomic E-state index is -2.96. The van der Waals surface area contributed by atoms with E-state index >= 15 is 0 Å². The third-order valence-electron chi connectivity index (χ3n) is 5.60. The van der Waals surface area contributed by atoms with Crippen molar-refractivity contribution < 1.29 is 8.78 Å². The number of allylic oxidation sites excluding steroid dienone is 4. The van der Waals surface area contributed by atoms with Gasteiger partial charge in [0.25, 0.3) is 5.92 Å². The number of halogens is 2. The van der Waals surface area contributed by atoms with Gasteiger partial charge in [0.05, 0.1) is 6.04 Å². The van der Waals surface area contributed by atoms with Crippen LogP contribution in [0.25, 0.3) is 0 Å². The lowest BCUT2D eigenvalue weighted by Crippen LogP contribution is -2.51. The molecule has 1 aromatic carbocycles. The molecule has 0 N–H and O–H groups in total. The SMILES string of the molecule is C=CCC(F)(F)c1ccn(C2CN(C(c3ccccc3)C3C=CC=CC3)C2)n1. The average Bonchev–Trinajstić information content (AvgIpc) is 3.16. The minimum absolute atomic E-state index is 0.127. The Morgan fingerprint density at radius 3 is 2.64 bits per heavy atom. The number of hydrogen-bond acceptors (Lipinski definition) is 2. The lowest BCUT2D eigenvalue weighted by atomic mass is 9.84. The van der Waals surface area contributed by atoms with E-state index in [1.54, 1.807) is 10.9 Å². The van der Waals surface area contributed by atoms with Gasteiger partial charge in [-0.3, -0.25) is 9.58 Å². The van der Waals surface area contributed by atoms with Crippen LogP contribution < -0.4 is 0 Å². The Morgan fingerprint density at radius 1 is 1.18 bits per heavy atom. The van der Waals surface area contributed by atoms with E-state index in [2.05, 4.69) is 65.1 Å². The summed E-state index contributed by atoms with van der Waals surface area (Å²) in [7, 11) is 0. The fourth-order valence-electron chi connectivity index (χ4n) is 4.12. The fourth-order valence-corrected chi connectivity index (χ4v) is 4.12. The number of likely N-dealkylation sites (tertiary alicyclic amines) is 1. The van der Waals surface area contributed by atoms with Crippen molar-refractivity contribution >= 4 is 0 Å². The van der Waals surface area contributed by atoms with E-state index in [4.69, 9.17) is 0 Å². The third-order valence-corrected chi connectivity index (χ3v) is 5.60. The third kappa shape index (κ3) is 3.72. The predicted molar refractivity (Wildman–Crippen MR) is 107 cm³/mol. The van der Waals surface area contributed by atoms with Crippen molar-refractivity contribution in [3.05, 3.63) is 90.8 Å². The Kier molecular flexibility index (Phi) is 5.27. The summed E-state index contributed by atoms with van der Waals surface area (Å²) in [4.78, 5) is 2.43. The standard InChI is InChI=1S/C23H25F2N3/c1-2-14-23(24,25)21-13-15-28(26-21)20-16-27(17-20)22(18-9-5-3-6-10-18)19-11-7-4-8-12-19/h2-11,13,15,19-20,22H,1,12,14,16-17H2. The zero-order chi connectivity index (χ0) is 19.6. The topological polar surface area (TPSA) is 21.1 Å². The maximum absolute atomic E-state index is 14.1. The molecule has 1 aliphatic heterocycles. The molecule has 0 saturated carbocycles. The summed E-state index contributed by atoms with van der Waals surface area (Å²) in [6.45, 7) is 5.03. The second-order valence-electron chi connectivity index (χ2n) is 7.55. The molecule has 2 aromatic rings. The van der Waals surface area contributed by atoms with Crippen molar-refractivity contribution in [1.82, 2.24) is 14.7 Å². The number of nitrogens with zero attached hydrogens (tertiary/aromatic N) is 3. The normalized spacial score (nSPS) is 21.4. The maximum Gasteiger partial charge on any atom is 0.294 e. The first-order chi connectivity index (χ1) is 13.6. The summed E-state index contributed by atoms with van der Waals surface area (Å²) in [5.74, 6) is -2.54. The van der Waals surface area contributed by atoms with Crippen molar-refractivity contribution in [2.24, 2.45) is 5.92 Å². The van der Waals surface area contributed by atoms with Crippen molar-refractivity contribution in [1.29, 1.82) is 0 Å². The van der Waals surface area contributed by atoms with Crippen LogP contribution in [0, 0.1) is 5.92 Å². The molecule has 1 aliphatic carbocycles. The molecule has 1 saturated heterocycles. The lowest BCUT2D eigenvalue weighted by molar-refractivity contribution is -0.00836. The van der Waals surface area contributed by atoms with Crippen molar-refractivity contribution in [3.8, 4) is 0 Å². The molecule has 4 rings (SSSR count). The highest BCUT2D eigenvalue weighted by molar-refractivity contribution is 5.25. The van der Waals surface area contributed by atoms with E-state index in [9.17, 15) is 8.78 Å². The zero-order valence-electron chi connectivity index (χ0n) is 15.8. The molecule has 2 heterocycles. The van der Waals surface area contributed by atoms with Crippen molar-refractivity contribution in [3.63, 3.8) is 0 Å². The van der Waals surface area contributed by atoms with Crippen LogP contribution in [-0.4, -0.2) is 27.8 Å². The summed E-state index contributed by atoms with van der Waals surface area (Å²) >= 11 is 0. The first kappa shape index (κ1) is 18.8. The van der Waals surface area contributed by atoms with Gasteiger partial charge < -0.3 is 0 Å². The summed E-state index contributed by atoms with van der Waals surface area (Å²) in [6, 6.07) is 12.4. The highest BCUT2D eigenvalue weighted by Gasteiger charge is 2.39. The Hall–Kier alpha value is -2.53. The smallest absolute Gasteiger partial charge is 0.291 e. The number of aromatic nitrogens is 2. The minimum Gasteiger partial charge on any atom is -0.291 e. The summed E-state index contributed by atoms with van der Waals surface area (Å²) in [6.07, 6.45) is 12.2. The molecule has 28 heavy (non-hydrogen) atoms. The molecule has 1 aromatic heterocycles. The van der Waals surface area contributed by atoms with Crippen LogP contribution in [0.2, 0.25) is 0 Å². The van der Waals surface area contributed by atoms with Crippen LogP contribution in [0.4, 0.5) is 8.78 Å². The Balaban J connectivity index is 1.48. The molecular formula is C23H25F2N3. The highest BCUT2D eigenvalue weighted by atomic mass is 19.3. The molecule has 0 amide bonds. The first-order valence-electron chi connectivity index (χ1n) is 9.75. The van der Waals surface area contributed by atoms with Gasteiger partial charge in [-0.2, -0.15) is 13.9 Å². The molecule has 0 radical (unpaired) electrons. The second kappa shape index (κ2) is 7.84. The van der Waals surface area contributed by atoms with Gasteiger partial charge in [-0.1, -0.05) is 60.7 Å². The number of alkyl halides is 2. The van der Waals surface area contributed by atoms with Crippen LogP contribution in [0.15, 0.2) is 79.6 Å². The van der Waals surface area contributed by atoms with E-state index in [0.29, 0.717) is 5.92 Å². The molecule has 2 atom stereocenters. The lowest BCUT2D eigenvalue weighted by Gasteiger charge is -2.47. The summed E-state index contributed by atoms with van der Waals surface area (Å²) in [5, 5.41) is 4.17. The molecule has 3 nitrogen and oxygen atoms in total. The molecule has 0 bridgehead atoms. The maximum atomic E-state index is 14.1. The molecule has 2 aliphatic rings. The molecule has 2 unspecified atom stereocenters. The summed E-state index contributed by atoms with van der Waals surface area (Å²) < 4.78 is 29.8. The van der Waals surface area contributed by atoms with Crippen LogP contribution in [0.5, 0.6) is 0 Å². The quantitative estimate of drug-likeness (QED) is 0.608. The molecule has 5 heteroatoms. The van der Waals surface area contributed by atoms with E-state index in [1.807, 2.05) is 6.07 Å². The zero-order valence-corrected chi connectivity index (χ0v) is 15.8. The molecular weight excluding hydrogens is 356 g/mol. The number of rotatable bonds is 7. The second-order valence-corrected chi connectivity index (χ2v) is 7.55. The van der Waals surface area contributed by atoms with Gasteiger partial charge in [-0.25, -0.2) is 0 Å². The predicted octanol–water partition coefficient (Wildman–Crippen LogP) is 5.28. The van der Waals surface area contributed by atoms with Crippen LogP contribution in [0.1, 0.15) is 36.2 Å². The Bertz CT molecular complexity index is 863. The highest BCUT2D eigenvalue weighted by Crippen LogP contribution is 2.39. The largest absolute Gasteiger partial charge is 0.294 e. The number of hydrogen-bond donors (Lipinski definition) is 0. The average molecular weight is 381 g/mol. The molecule has 1 fully saturated rings. The van der Waals surface area contributed by atoms with Crippen LogP contribution >= 0.6 is 0 Å². The number of benzene rings is 1. The van der Waals surface area contributed by atoms with E-state index in [0.717, 1.165) is 19.5 Å². The molecule has 0 spiro atoms. The van der Waals surface area contributed by atoms with Gasteiger partial charge in [-0.05, 0) is 18.1 Å². The van der Waals surface area contributed by atoms with Gasteiger partial charge in [0, 0.05) is 37.7 Å². The van der Waals surface area contributed by atoms with Crippen molar-refractivity contribution in [2.75, 3.05) is 13.1 Å². The van der Waals surface area contributed by atoms with E-state index < -0.39 is 12.3 Å². The Morgan fingerprint density at radius 2 is 1.96 bits per heavy atom. The van der Waals surface area contributed by atoms with Gasteiger partial charge >= 0.3 is 0 Å². The first-order valence-corrected chi connectivity index (χ1v) is 9.75. The van der Waals surface area contributed by atoms with E-state index in [1.165, 1.54) is 17.7 Å². The van der Waals surface area contributed by atoms with Crippen molar-refractivity contribution in [2.45, 2.75) is 30.8 Å².